The molecule has 0 radical (unpaired) electrons. The molecule has 158 valence electrons. The van der Waals surface area contributed by atoms with Gasteiger partial charge in [0.2, 0.25) is 11.8 Å². The number of likely N-dealkylation sites (N-methyl/N-ethyl adjacent to an activating group) is 1. The van der Waals surface area contributed by atoms with Gasteiger partial charge in [0.05, 0.1) is 12.6 Å². The first kappa shape index (κ1) is 21.1. The summed E-state index contributed by atoms with van der Waals surface area (Å²) in [5.41, 5.74) is -0.442. The highest BCUT2D eigenvalue weighted by Crippen LogP contribution is 2.55. The Morgan fingerprint density at radius 2 is 1.54 bits per heavy atom. The van der Waals surface area contributed by atoms with E-state index in [9.17, 15) is 14.4 Å². The number of imide groups is 1. The predicted molar refractivity (Wildman–Crippen MR) is 108 cm³/mol. The molecule has 4 aliphatic rings. The van der Waals surface area contributed by atoms with Gasteiger partial charge >= 0.3 is 6.03 Å². The third-order valence-electron chi connectivity index (χ3n) is 6.60. The van der Waals surface area contributed by atoms with Crippen LogP contribution in [0.5, 0.6) is 0 Å². The van der Waals surface area contributed by atoms with E-state index in [4.69, 9.17) is 0 Å². The number of nitrogens with one attached hydrogen (secondary N) is 3. The van der Waals surface area contributed by atoms with E-state index >= 15 is 0 Å². The van der Waals surface area contributed by atoms with E-state index in [0.717, 1.165) is 37.0 Å². The molecule has 4 aliphatic carbocycles. The lowest BCUT2D eigenvalue weighted by Gasteiger charge is -2.56. The number of carbonyl (C=O) groups excluding carboxylic acids is 3. The van der Waals surface area contributed by atoms with Crippen LogP contribution in [0.25, 0.3) is 0 Å². The number of hydrogen-bond donors (Lipinski definition) is 3. The Hall–Kier alpha value is -1.63. The number of hydrogen-bond acceptors (Lipinski definition) is 4. The van der Waals surface area contributed by atoms with Crippen molar-refractivity contribution in [1.82, 2.24) is 20.9 Å². The molecule has 0 heterocycles. The normalized spacial score (nSPS) is 32.1. The van der Waals surface area contributed by atoms with Crippen LogP contribution < -0.4 is 16.0 Å². The fourth-order valence-electron chi connectivity index (χ4n) is 5.77. The summed E-state index contributed by atoms with van der Waals surface area (Å²) in [5.74, 6) is 1.66. The molecule has 4 rings (SSSR count). The number of nitrogens with zero attached hydrogens (tertiary/aromatic N) is 1. The van der Waals surface area contributed by atoms with Crippen molar-refractivity contribution in [2.75, 3.05) is 13.6 Å². The Kier molecular flexibility index (Phi) is 5.76. The van der Waals surface area contributed by atoms with Gasteiger partial charge in [0.15, 0.2) is 0 Å². The van der Waals surface area contributed by atoms with Crippen molar-refractivity contribution in [3.05, 3.63) is 0 Å². The van der Waals surface area contributed by atoms with E-state index in [1.165, 1.54) is 19.3 Å². The molecule has 4 fully saturated rings. The molecule has 0 unspecified atom stereocenters. The molecule has 0 aromatic heterocycles. The summed E-state index contributed by atoms with van der Waals surface area (Å²) in [5, 5.41) is 8.53. The van der Waals surface area contributed by atoms with Crippen LogP contribution in [0.4, 0.5) is 4.79 Å². The Morgan fingerprint density at radius 1 is 1.04 bits per heavy atom. The molecule has 4 amide bonds. The van der Waals surface area contributed by atoms with Gasteiger partial charge in [0.1, 0.15) is 0 Å². The lowest BCUT2D eigenvalue weighted by atomic mass is 9.53. The molecule has 7 nitrogen and oxygen atoms in total. The predicted octanol–water partition coefficient (Wildman–Crippen LogP) is 2.02. The van der Waals surface area contributed by atoms with Crippen LogP contribution in [-0.2, 0) is 9.59 Å². The number of amides is 4. The molecule has 0 aromatic rings. The summed E-state index contributed by atoms with van der Waals surface area (Å²) in [6.45, 7) is 7.54. The first-order valence-electron chi connectivity index (χ1n) is 10.6. The maximum Gasteiger partial charge on any atom is 0.321 e. The maximum atomic E-state index is 12.5. The van der Waals surface area contributed by atoms with Crippen molar-refractivity contribution in [2.24, 2.45) is 17.8 Å². The molecule has 0 spiro atoms. The van der Waals surface area contributed by atoms with E-state index in [2.05, 4.69) is 16.0 Å². The van der Waals surface area contributed by atoms with Crippen LogP contribution in [0.15, 0.2) is 0 Å². The third kappa shape index (κ3) is 5.04. The first-order chi connectivity index (χ1) is 12.9. The standard InChI is InChI=1S/C21H36N4O3/c1-13(25(5)12-17(26)23-20(2,3)4)18(27)22-19(28)24-21-9-14-6-15(10-21)8-16(7-14)11-21/h13-16H,6-12H2,1-5H3,(H,23,26)(H2,22,24,27,28)/t13-,14?,15?,16?,21?/m0/s1. The highest BCUT2D eigenvalue weighted by Gasteiger charge is 2.51. The van der Waals surface area contributed by atoms with Crippen molar-refractivity contribution in [3.63, 3.8) is 0 Å². The van der Waals surface area contributed by atoms with Crippen LogP contribution in [0.3, 0.4) is 0 Å². The van der Waals surface area contributed by atoms with Crippen LogP contribution in [-0.4, -0.2) is 53.5 Å². The molecule has 4 saturated carbocycles. The second-order valence-electron chi connectivity index (χ2n) is 10.5. The zero-order valence-electron chi connectivity index (χ0n) is 17.9. The zero-order chi connectivity index (χ0) is 20.7. The molecule has 0 aromatic carbocycles. The van der Waals surface area contributed by atoms with Crippen molar-refractivity contribution in [3.8, 4) is 0 Å². The molecular formula is C21H36N4O3. The van der Waals surface area contributed by atoms with Gasteiger partial charge in [-0.25, -0.2) is 4.79 Å². The van der Waals surface area contributed by atoms with Crippen LogP contribution in [0.2, 0.25) is 0 Å². The van der Waals surface area contributed by atoms with Gasteiger partial charge in [-0.3, -0.25) is 19.8 Å². The van der Waals surface area contributed by atoms with Crippen LogP contribution in [0.1, 0.15) is 66.2 Å². The Labute approximate surface area is 168 Å². The van der Waals surface area contributed by atoms with Gasteiger partial charge in [0.25, 0.3) is 0 Å². The van der Waals surface area contributed by atoms with E-state index in [1.807, 2.05) is 20.8 Å². The summed E-state index contributed by atoms with van der Waals surface area (Å²) in [6, 6.07) is -0.973. The summed E-state index contributed by atoms with van der Waals surface area (Å²) >= 11 is 0. The summed E-state index contributed by atoms with van der Waals surface area (Å²) in [6.07, 6.45) is 7.05. The quantitative estimate of drug-likeness (QED) is 0.668. The second-order valence-corrected chi connectivity index (χ2v) is 10.5. The number of urea groups is 1. The summed E-state index contributed by atoms with van der Waals surface area (Å²) in [4.78, 5) is 38.8. The van der Waals surface area contributed by atoms with Crippen molar-refractivity contribution < 1.29 is 14.4 Å². The molecule has 1 atom stereocenters. The largest absolute Gasteiger partial charge is 0.350 e. The molecule has 0 aliphatic heterocycles. The zero-order valence-corrected chi connectivity index (χ0v) is 17.9. The lowest BCUT2D eigenvalue weighted by molar-refractivity contribution is -0.127. The average Bonchev–Trinajstić information content (AvgIpc) is 2.49. The Bertz CT molecular complexity index is 605. The van der Waals surface area contributed by atoms with E-state index in [0.29, 0.717) is 0 Å². The minimum Gasteiger partial charge on any atom is -0.350 e. The monoisotopic (exact) mass is 392 g/mol. The minimum atomic E-state index is -0.576. The number of carbonyl (C=O) groups is 3. The summed E-state index contributed by atoms with van der Waals surface area (Å²) < 4.78 is 0. The topological polar surface area (TPSA) is 90.5 Å². The molecule has 4 bridgehead atoms. The SMILES string of the molecule is C[C@@H](C(=O)NC(=O)NC12CC3CC(CC(C3)C1)C2)N(C)CC(=O)NC(C)(C)C. The van der Waals surface area contributed by atoms with Gasteiger partial charge in [-0.2, -0.15) is 0 Å². The molecule has 3 N–H and O–H groups in total. The van der Waals surface area contributed by atoms with Crippen LogP contribution >= 0.6 is 0 Å². The van der Waals surface area contributed by atoms with Gasteiger partial charge < -0.3 is 10.6 Å². The van der Waals surface area contributed by atoms with Gasteiger partial charge in [-0.1, -0.05) is 0 Å². The van der Waals surface area contributed by atoms with E-state index in [1.54, 1.807) is 18.9 Å². The fraction of sp³-hybridized carbons (Fsp3) is 0.857. The lowest BCUT2D eigenvalue weighted by Crippen LogP contribution is -2.62. The smallest absolute Gasteiger partial charge is 0.321 e. The molecular weight excluding hydrogens is 356 g/mol. The van der Waals surface area contributed by atoms with Gasteiger partial charge in [-0.05, 0) is 91.0 Å². The van der Waals surface area contributed by atoms with E-state index < -0.39 is 12.1 Å². The van der Waals surface area contributed by atoms with Gasteiger partial charge in [-0.15, -0.1) is 0 Å². The highest BCUT2D eigenvalue weighted by atomic mass is 16.2. The third-order valence-corrected chi connectivity index (χ3v) is 6.60. The van der Waals surface area contributed by atoms with Crippen LogP contribution in [0, 0.1) is 17.8 Å². The first-order valence-corrected chi connectivity index (χ1v) is 10.6. The second kappa shape index (κ2) is 7.65. The highest BCUT2D eigenvalue weighted by molar-refractivity contribution is 5.97. The molecule has 0 saturated heterocycles. The van der Waals surface area contributed by atoms with Crippen molar-refractivity contribution >= 4 is 17.8 Å². The average molecular weight is 393 g/mol. The number of rotatable bonds is 5. The summed E-state index contributed by atoms with van der Waals surface area (Å²) in [7, 11) is 1.71. The van der Waals surface area contributed by atoms with E-state index in [-0.39, 0.29) is 29.4 Å². The molecule has 7 heteroatoms. The fourth-order valence-corrected chi connectivity index (χ4v) is 5.77. The Morgan fingerprint density at radius 3 is 2.00 bits per heavy atom. The maximum absolute atomic E-state index is 12.5. The van der Waals surface area contributed by atoms with Crippen molar-refractivity contribution in [1.29, 1.82) is 0 Å². The minimum absolute atomic E-state index is 0.0997. The van der Waals surface area contributed by atoms with Crippen molar-refractivity contribution in [2.45, 2.75) is 83.3 Å². The Balaban J connectivity index is 1.48. The molecule has 28 heavy (non-hydrogen) atoms. The van der Waals surface area contributed by atoms with Gasteiger partial charge in [0, 0.05) is 11.1 Å².